The van der Waals surface area contributed by atoms with Crippen molar-refractivity contribution in [3.8, 4) is 5.75 Å². The van der Waals surface area contributed by atoms with Crippen LogP contribution in [-0.4, -0.2) is 30.5 Å². The number of nitrogens with zero attached hydrogens (tertiary/aromatic N) is 1. The van der Waals surface area contributed by atoms with Crippen molar-refractivity contribution in [3.05, 3.63) is 58.7 Å². The third-order valence-corrected chi connectivity index (χ3v) is 4.95. The molecule has 0 atom stereocenters. The topological polar surface area (TPSA) is 41.6 Å². The third-order valence-electron chi connectivity index (χ3n) is 4.95. The first-order valence-corrected chi connectivity index (χ1v) is 9.46. The van der Waals surface area contributed by atoms with Crippen LogP contribution < -0.4 is 10.1 Å². The second-order valence-corrected chi connectivity index (χ2v) is 6.83. The van der Waals surface area contributed by atoms with E-state index < -0.39 is 0 Å². The van der Waals surface area contributed by atoms with Crippen LogP contribution in [0, 0.1) is 6.92 Å². The molecular formula is C22H28N2O2. The van der Waals surface area contributed by atoms with Gasteiger partial charge in [-0.2, -0.15) is 0 Å². The molecule has 1 aliphatic rings. The zero-order valence-corrected chi connectivity index (χ0v) is 16.0. The van der Waals surface area contributed by atoms with Crippen molar-refractivity contribution in [2.75, 3.05) is 25.0 Å². The minimum Gasteiger partial charge on any atom is -0.494 e. The molecule has 3 rings (SSSR count). The van der Waals surface area contributed by atoms with Gasteiger partial charge in [0, 0.05) is 18.8 Å². The van der Waals surface area contributed by atoms with Crippen molar-refractivity contribution in [1.82, 2.24) is 4.90 Å². The number of carbonyl (C=O) groups excluding carboxylic acids is 1. The molecular weight excluding hydrogens is 324 g/mol. The minimum atomic E-state index is 0.0541. The molecule has 0 saturated carbocycles. The first-order chi connectivity index (χ1) is 12.6. The summed E-state index contributed by atoms with van der Waals surface area (Å²) in [5.74, 6) is 0.962. The Morgan fingerprint density at radius 3 is 2.81 bits per heavy atom. The van der Waals surface area contributed by atoms with Gasteiger partial charge in [-0.25, -0.2) is 0 Å². The van der Waals surface area contributed by atoms with Gasteiger partial charge in [0.2, 0.25) is 5.91 Å². The first kappa shape index (κ1) is 18.5. The van der Waals surface area contributed by atoms with Crippen LogP contribution in [0.3, 0.4) is 0 Å². The van der Waals surface area contributed by atoms with Gasteiger partial charge >= 0.3 is 0 Å². The van der Waals surface area contributed by atoms with Gasteiger partial charge in [0.15, 0.2) is 0 Å². The Bertz CT molecular complexity index is 786. The molecule has 0 unspecified atom stereocenters. The molecule has 0 bridgehead atoms. The fraction of sp³-hybridized carbons (Fsp3) is 0.409. The molecule has 0 aromatic heterocycles. The van der Waals surface area contributed by atoms with Crippen LogP contribution >= 0.6 is 0 Å². The molecule has 4 nitrogen and oxygen atoms in total. The van der Waals surface area contributed by atoms with Gasteiger partial charge in [0.25, 0.3) is 0 Å². The normalized spacial score (nSPS) is 14.0. The number of nitrogens with one attached hydrogen (secondary N) is 1. The molecule has 1 amide bonds. The summed E-state index contributed by atoms with van der Waals surface area (Å²) in [6, 6.07) is 12.5. The Kier molecular flexibility index (Phi) is 5.94. The highest BCUT2D eigenvalue weighted by Crippen LogP contribution is 2.25. The van der Waals surface area contributed by atoms with E-state index in [-0.39, 0.29) is 5.91 Å². The lowest BCUT2D eigenvalue weighted by Crippen LogP contribution is -2.37. The predicted molar refractivity (Wildman–Crippen MR) is 106 cm³/mol. The van der Waals surface area contributed by atoms with E-state index in [1.54, 1.807) is 0 Å². The van der Waals surface area contributed by atoms with E-state index in [1.165, 1.54) is 16.7 Å². The number of aryl methyl sites for hydroxylation is 2. The fourth-order valence-electron chi connectivity index (χ4n) is 3.57. The van der Waals surface area contributed by atoms with E-state index >= 15 is 0 Å². The molecule has 0 radical (unpaired) electrons. The molecule has 2 aromatic rings. The highest BCUT2D eigenvalue weighted by atomic mass is 16.5. The minimum absolute atomic E-state index is 0.0541. The smallest absolute Gasteiger partial charge is 0.238 e. The lowest BCUT2D eigenvalue weighted by molar-refractivity contribution is -0.117. The maximum atomic E-state index is 12.6. The average Bonchev–Trinajstić information content (AvgIpc) is 2.63. The Morgan fingerprint density at radius 1 is 1.19 bits per heavy atom. The lowest BCUT2D eigenvalue weighted by atomic mass is 9.99. The van der Waals surface area contributed by atoms with Crippen LogP contribution in [0.25, 0.3) is 0 Å². The summed E-state index contributed by atoms with van der Waals surface area (Å²) >= 11 is 0. The van der Waals surface area contributed by atoms with E-state index in [1.807, 2.05) is 32.0 Å². The van der Waals surface area contributed by atoms with E-state index in [4.69, 9.17) is 4.74 Å². The van der Waals surface area contributed by atoms with Crippen LogP contribution in [0.15, 0.2) is 36.4 Å². The van der Waals surface area contributed by atoms with Crippen LogP contribution in [0.2, 0.25) is 0 Å². The van der Waals surface area contributed by atoms with Gasteiger partial charge in [0.05, 0.1) is 13.2 Å². The first-order valence-electron chi connectivity index (χ1n) is 9.46. The molecule has 0 saturated heterocycles. The van der Waals surface area contributed by atoms with Gasteiger partial charge < -0.3 is 10.1 Å². The van der Waals surface area contributed by atoms with Gasteiger partial charge in [-0.1, -0.05) is 31.2 Å². The van der Waals surface area contributed by atoms with Crippen molar-refractivity contribution in [2.45, 2.75) is 40.2 Å². The number of fused-ring (bicyclic) bond motifs is 1. The molecule has 1 aliphatic heterocycles. The number of ether oxygens (including phenoxy) is 1. The van der Waals surface area contributed by atoms with Crippen molar-refractivity contribution in [3.63, 3.8) is 0 Å². The lowest BCUT2D eigenvalue weighted by Gasteiger charge is -2.28. The zero-order valence-electron chi connectivity index (χ0n) is 16.0. The van der Waals surface area contributed by atoms with Crippen molar-refractivity contribution >= 4 is 11.6 Å². The predicted octanol–water partition coefficient (Wildman–Crippen LogP) is 3.95. The zero-order chi connectivity index (χ0) is 18.5. The van der Waals surface area contributed by atoms with Gasteiger partial charge in [-0.05, 0) is 61.1 Å². The summed E-state index contributed by atoms with van der Waals surface area (Å²) in [7, 11) is 0. The quantitative estimate of drug-likeness (QED) is 0.856. The summed E-state index contributed by atoms with van der Waals surface area (Å²) in [5.41, 5.74) is 5.89. The number of benzene rings is 2. The summed E-state index contributed by atoms with van der Waals surface area (Å²) in [5, 5.41) is 3.13. The maximum absolute atomic E-state index is 12.6. The van der Waals surface area contributed by atoms with Gasteiger partial charge in [-0.3, -0.25) is 9.69 Å². The maximum Gasteiger partial charge on any atom is 0.238 e. The van der Waals surface area contributed by atoms with E-state index in [9.17, 15) is 4.79 Å². The molecule has 1 heterocycles. The molecule has 0 fully saturated rings. The molecule has 138 valence electrons. The van der Waals surface area contributed by atoms with Gasteiger partial charge in [0.1, 0.15) is 5.75 Å². The number of hydrogen-bond donors (Lipinski definition) is 1. The van der Waals surface area contributed by atoms with Crippen molar-refractivity contribution < 1.29 is 9.53 Å². The number of hydrogen-bond acceptors (Lipinski definition) is 3. The van der Waals surface area contributed by atoms with Crippen LogP contribution in [0.5, 0.6) is 5.75 Å². The van der Waals surface area contributed by atoms with E-state index in [0.717, 1.165) is 42.9 Å². The number of rotatable bonds is 6. The van der Waals surface area contributed by atoms with Crippen LogP contribution in [-0.2, 0) is 24.2 Å². The molecule has 4 heteroatoms. The highest BCUT2D eigenvalue weighted by molar-refractivity contribution is 5.93. The largest absolute Gasteiger partial charge is 0.494 e. The van der Waals surface area contributed by atoms with Crippen LogP contribution in [0.4, 0.5) is 5.69 Å². The number of para-hydroxylation sites is 1. The highest BCUT2D eigenvalue weighted by Gasteiger charge is 2.19. The standard InChI is InChI=1S/C22H28N2O2/c1-4-17-8-6-7-16(3)22(17)23-21(25)15-24-12-11-18-9-10-20(26-5-2)13-19(18)14-24/h6-10,13H,4-5,11-12,14-15H2,1-3H3,(H,23,25). The second kappa shape index (κ2) is 8.37. The summed E-state index contributed by atoms with van der Waals surface area (Å²) in [4.78, 5) is 14.8. The van der Waals surface area contributed by atoms with E-state index in [0.29, 0.717) is 13.2 Å². The molecule has 1 N–H and O–H groups in total. The number of amides is 1. The Balaban J connectivity index is 1.65. The second-order valence-electron chi connectivity index (χ2n) is 6.83. The summed E-state index contributed by atoms with van der Waals surface area (Å²) in [6.45, 7) is 8.92. The molecule has 26 heavy (non-hydrogen) atoms. The molecule has 2 aromatic carbocycles. The molecule has 0 aliphatic carbocycles. The third kappa shape index (κ3) is 4.25. The Hall–Kier alpha value is -2.33. The monoisotopic (exact) mass is 352 g/mol. The summed E-state index contributed by atoms with van der Waals surface area (Å²) < 4.78 is 5.61. The number of carbonyl (C=O) groups is 1. The SMILES string of the molecule is CCOc1ccc2c(c1)CN(CC(=O)Nc1c(C)cccc1CC)CC2. The van der Waals surface area contributed by atoms with Gasteiger partial charge in [-0.15, -0.1) is 0 Å². The number of anilines is 1. The van der Waals surface area contributed by atoms with Crippen molar-refractivity contribution in [1.29, 1.82) is 0 Å². The Morgan fingerprint density at radius 2 is 2.04 bits per heavy atom. The van der Waals surface area contributed by atoms with E-state index in [2.05, 4.69) is 35.3 Å². The molecule has 0 spiro atoms. The van der Waals surface area contributed by atoms with Crippen LogP contribution in [0.1, 0.15) is 36.1 Å². The Labute approximate surface area is 156 Å². The summed E-state index contributed by atoms with van der Waals surface area (Å²) in [6.07, 6.45) is 1.88. The average molecular weight is 352 g/mol. The fourth-order valence-corrected chi connectivity index (χ4v) is 3.57. The van der Waals surface area contributed by atoms with Crippen molar-refractivity contribution in [2.24, 2.45) is 0 Å².